The molecule has 2 unspecified atom stereocenters. The molecule has 0 saturated carbocycles. The van der Waals surface area contributed by atoms with Crippen LogP contribution in [0.25, 0.3) is 0 Å². The van der Waals surface area contributed by atoms with E-state index in [4.69, 9.17) is 11.6 Å². The Morgan fingerprint density at radius 2 is 2.05 bits per heavy atom. The van der Waals surface area contributed by atoms with Crippen molar-refractivity contribution in [3.8, 4) is 0 Å². The summed E-state index contributed by atoms with van der Waals surface area (Å²) in [6, 6.07) is 2.81. The predicted molar refractivity (Wildman–Crippen MR) is 85.4 cm³/mol. The Hall–Kier alpha value is -0.170. The normalized spacial score (nSPS) is 24.2. The SMILES string of the molecule is CC1CCN(S(=O)(=O)c2cc(Br)cc(CCl)c2F)CC1C. The zero-order chi connectivity index (χ0) is 15.8. The standard InChI is InChI=1S/C14H18BrClFNO2S/c1-9-3-4-18(8-10(9)2)21(19,20)13-6-12(15)5-11(7-16)14(13)17/h5-6,9-10H,3-4,7-8H2,1-2H3. The van der Waals surface area contributed by atoms with Crippen LogP contribution in [0.3, 0.4) is 0 Å². The number of halogens is 3. The van der Waals surface area contributed by atoms with Crippen molar-refractivity contribution in [3.05, 3.63) is 28.0 Å². The molecule has 0 aliphatic carbocycles. The number of alkyl halides is 1. The van der Waals surface area contributed by atoms with Crippen LogP contribution in [-0.2, 0) is 15.9 Å². The molecule has 0 spiro atoms. The van der Waals surface area contributed by atoms with Gasteiger partial charge in [0.15, 0.2) is 0 Å². The molecule has 1 aliphatic rings. The van der Waals surface area contributed by atoms with Crippen LogP contribution < -0.4 is 0 Å². The van der Waals surface area contributed by atoms with E-state index in [0.717, 1.165) is 6.42 Å². The maximum absolute atomic E-state index is 14.4. The highest BCUT2D eigenvalue weighted by Crippen LogP contribution is 2.31. The van der Waals surface area contributed by atoms with Crippen molar-refractivity contribution in [2.45, 2.75) is 31.0 Å². The summed E-state index contributed by atoms with van der Waals surface area (Å²) in [6.45, 7) is 4.98. The lowest BCUT2D eigenvalue weighted by Crippen LogP contribution is -2.42. The molecular formula is C14H18BrClFNO2S. The topological polar surface area (TPSA) is 37.4 Å². The molecule has 3 nitrogen and oxygen atoms in total. The number of sulfonamides is 1. The lowest BCUT2D eigenvalue weighted by Gasteiger charge is -2.34. The Labute approximate surface area is 138 Å². The first-order chi connectivity index (χ1) is 9.77. The van der Waals surface area contributed by atoms with Crippen molar-refractivity contribution in [1.29, 1.82) is 0 Å². The lowest BCUT2D eigenvalue weighted by molar-refractivity contribution is 0.212. The van der Waals surface area contributed by atoms with Crippen LogP contribution in [0.1, 0.15) is 25.8 Å². The number of nitrogens with zero attached hydrogens (tertiary/aromatic N) is 1. The molecule has 1 aromatic rings. The van der Waals surface area contributed by atoms with Crippen molar-refractivity contribution >= 4 is 37.6 Å². The van der Waals surface area contributed by atoms with Gasteiger partial charge in [0.1, 0.15) is 10.7 Å². The van der Waals surface area contributed by atoms with E-state index in [1.54, 1.807) is 0 Å². The summed E-state index contributed by atoms with van der Waals surface area (Å²) < 4.78 is 41.7. The molecule has 118 valence electrons. The Morgan fingerprint density at radius 3 is 2.62 bits per heavy atom. The predicted octanol–water partition coefficient (Wildman–Crippen LogP) is 3.99. The number of rotatable bonds is 3. The zero-order valence-corrected chi connectivity index (χ0v) is 15.1. The molecule has 1 heterocycles. The van der Waals surface area contributed by atoms with E-state index in [-0.39, 0.29) is 22.3 Å². The van der Waals surface area contributed by atoms with E-state index in [0.29, 0.717) is 23.5 Å². The van der Waals surface area contributed by atoms with Crippen molar-refractivity contribution in [2.75, 3.05) is 13.1 Å². The van der Waals surface area contributed by atoms with Crippen LogP contribution in [0.5, 0.6) is 0 Å². The summed E-state index contributed by atoms with van der Waals surface area (Å²) in [4.78, 5) is -0.297. The third-order valence-corrected chi connectivity index (χ3v) is 6.75. The molecule has 21 heavy (non-hydrogen) atoms. The van der Waals surface area contributed by atoms with Gasteiger partial charge in [0.25, 0.3) is 0 Å². The first-order valence-corrected chi connectivity index (χ1v) is 9.58. The summed E-state index contributed by atoms with van der Waals surface area (Å²) in [5.74, 6) is -0.0840. The fraction of sp³-hybridized carbons (Fsp3) is 0.571. The van der Waals surface area contributed by atoms with Gasteiger partial charge >= 0.3 is 0 Å². The highest BCUT2D eigenvalue weighted by Gasteiger charge is 2.34. The molecule has 0 amide bonds. The molecule has 0 N–H and O–H groups in total. The van der Waals surface area contributed by atoms with Gasteiger partial charge in [-0.3, -0.25) is 0 Å². The van der Waals surface area contributed by atoms with Crippen LogP contribution in [0.4, 0.5) is 4.39 Å². The minimum Gasteiger partial charge on any atom is -0.207 e. The third kappa shape index (κ3) is 3.44. The smallest absolute Gasteiger partial charge is 0.207 e. The highest BCUT2D eigenvalue weighted by molar-refractivity contribution is 9.10. The van der Waals surface area contributed by atoms with E-state index < -0.39 is 15.8 Å². The van der Waals surface area contributed by atoms with Crippen LogP contribution in [-0.4, -0.2) is 25.8 Å². The van der Waals surface area contributed by atoms with Gasteiger partial charge in [-0.2, -0.15) is 4.31 Å². The van der Waals surface area contributed by atoms with Gasteiger partial charge in [-0.15, -0.1) is 11.6 Å². The Bertz CT molecular complexity index is 638. The number of hydrogen-bond donors (Lipinski definition) is 0. The van der Waals surface area contributed by atoms with Crippen LogP contribution >= 0.6 is 27.5 Å². The van der Waals surface area contributed by atoms with Gasteiger partial charge in [-0.1, -0.05) is 29.8 Å². The molecule has 1 aliphatic heterocycles. The van der Waals surface area contributed by atoms with Crippen molar-refractivity contribution in [1.82, 2.24) is 4.31 Å². The highest BCUT2D eigenvalue weighted by atomic mass is 79.9. The molecule has 2 atom stereocenters. The molecule has 0 radical (unpaired) electrons. The second kappa shape index (κ2) is 6.52. The van der Waals surface area contributed by atoms with Crippen molar-refractivity contribution in [2.24, 2.45) is 11.8 Å². The lowest BCUT2D eigenvalue weighted by atomic mass is 9.90. The van der Waals surface area contributed by atoms with Crippen LogP contribution in [0, 0.1) is 17.7 Å². The van der Waals surface area contributed by atoms with E-state index in [1.165, 1.54) is 16.4 Å². The number of benzene rings is 1. The number of piperidine rings is 1. The summed E-state index contributed by atoms with van der Waals surface area (Å²) in [6.07, 6.45) is 0.790. The molecule has 0 aromatic heterocycles. The average Bonchev–Trinajstić information content (AvgIpc) is 2.43. The molecule has 1 saturated heterocycles. The van der Waals surface area contributed by atoms with Gasteiger partial charge in [-0.25, -0.2) is 12.8 Å². The van der Waals surface area contributed by atoms with Gasteiger partial charge in [-0.05, 0) is 30.4 Å². The summed E-state index contributed by atoms with van der Waals surface area (Å²) in [5, 5.41) is 0. The van der Waals surface area contributed by atoms with Crippen molar-refractivity contribution < 1.29 is 12.8 Å². The molecule has 7 heteroatoms. The summed E-state index contributed by atoms with van der Waals surface area (Å²) in [5.41, 5.74) is 0.183. The van der Waals surface area contributed by atoms with Gasteiger partial charge in [0, 0.05) is 23.1 Å². The fourth-order valence-corrected chi connectivity index (χ4v) is 5.03. The van der Waals surface area contributed by atoms with Gasteiger partial charge in [0.05, 0.1) is 5.88 Å². The number of hydrogen-bond acceptors (Lipinski definition) is 2. The third-order valence-electron chi connectivity index (χ3n) is 4.14. The Balaban J connectivity index is 2.43. The first kappa shape index (κ1) is 17.2. The van der Waals surface area contributed by atoms with Crippen molar-refractivity contribution in [3.63, 3.8) is 0 Å². The summed E-state index contributed by atoms with van der Waals surface area (Å²) >= 11 is 8.90. The minimum absolute atomic E-state index is 0.0682. The molecule has 1 fully saturated rings. The first-order valence-electron chi connectivity index (χ1n) is 6.81. The molecule has 1 aromatic carbocycles. The van der Waals surface area contributed by atoms with Gasteiger partial charge < -0.3 is 0 Å². The average molecular weight is 399 g/mol. The summed E-state index contributed by atoms with van der Waals surface area (Å²) in [7, 11) is -3.83. The minimum atomic E-state index is -3.83. The Morgan fingerprint density at radius 1 is 1.38 bits per heavy atom. The van der Waals surface area contributed by atoms with Crippen LogP contribution in [0.2, 0.25) is 0 Å². The molecular weight excluding hydrogens is 381 g/mol. The quantitative estimate of drug-likeness (QED) is 0.722. The maximum Gasteiger partial charge on any atom is 0.246 e. The molecule has 2 rings (SSSR count). The van der Waals surface area contributed by atoms with E-state index in [2.05, 4.69) is 22.9 Å². The second-order valence-corrected chi connectivity index (χ2v) is 8.71. The largest absolute Gasteiger partial charge is 0.246 e. The molecule has 0 bridgehead atoms. The second-order valence-electron chi connectivity index (χ2n) is 5.62. The van der Waals surface area contributed by atoms with E-state index in [1.807, 2.05) is 6.92 Å². The fourth-order valence-electron chi connectivity index (χ4n) is 2.49. The zero-order valence-electron chi connectivity index (χ0n) is 11.9. The Kier molecular flexibility index (Phi) is 5.34. The monoisotopic (exact) mass is 397 g/mol. The van der Waals surface area contributed by atoms with E-state index in [9.17, 15) is 12.8 Å². The van der Waals surface area contributed by atoms with E-state index >= 15 is 0 Å². The van der Waals surface area contributed by atoms with Crippen LogP contribution in [0.15, 0.2) is 21.5 Å². The maximum atomic E-state index is 14.4. The van der Waals surface area contributed by atoms with Gasteiger partial charge in [0.2, 0.25) is 10.0 Å².